The van der Waals surface area contributed by atoms with Gasteiger partial charge >= 0.3 is 11.8 Å². The van der Waals surface area contributed by atoms with E-state index in [2.05, 4.69) is 10.6 Å². The van der Waals surface area contributed by atoms with Gasteiger partial charge in [0.15, 0.2) is 0 Å². The summed E-state index contributed by atoms with van der Waals surface area (Å²) in [5.41, 5.74) is -0.363. The number of rotatable bonds is 1. The molecule has 1 rings (SSSR count). The molecule has 2 amide bonds. The van der Waals surface area contributed by atoms with Crippen LogP contribution >= 0.6 is 0 Å². The average Bonchev–Trinajstić information content (AvgIpc) is 2.43. The number of amides is 2. The van der Waals surface area contributed by atoms with Crippen molar-refractivity contribution in [1.29, 1.82) is 0 Å². The summed E-state index contributed by atoms with van der Waals surface area (Å²) in [6.45, 7) is 5.59. The minimum atomic E-state index is -0.526. The highest BCUT2D eigenvalue weighted by molar-refractivity contribution is 6.35. The van der Waals surface area contributed by atoms with E-state index in [0.29, 0.717) is 0 Å². The molecule has 0 aromatic rings. The first-order valence-electron chi connectivity index (χ1n) is 6.51. The van der Waals surface area contributed by atoms with Crippen molar-refractivity contribution < 1.29 is 9.59 Å². The molecule has 0 spiro atoms. The third-order valence-corrected chi connectivity index (χ3v) is 2.89. The van der Waals surface area contributed by atoms with Crippen LogP contribution in [-0.2, 0) is 9.59 Å². The maximum atomic E-state index is 11.7. The van der Waals surface area contributed by atoms with E-state index in [1.165, 1.54) is 12.8 Å². The van der Waals surface area contributed by atoms with E-state index in [-0.39, 0.29) is 11.6 Å². The van der Waals surface area contributed by atoms with Gasteiger partial charge in [-0.25, -0.2) is 0 Å². The quantitative estimate of drug-likeness (QED) is 0.542. The van der Waals surface area contributed by atoms with Crippen molar-refractivity contribution in [2.24, 2.45) is 0 Å². The molecule has 4 heteroatoms. The van der Waals surface area contributed by atoms with Gasteiger partial charge in [-0.1, -0.05) is 25.7 Å². The summed E-state index contributed by atoms with van der Waals surface area (Å²) >= 11 is 0. The van der Waals surface area contributed by atoms with Gasteiger partial charge in [-0.3, -0.25) is 9.59 Å². The van der Waals surface area contributed by atoms with Gasteiger partial charge in [0.05, 0.1) is 0 Å². The number of hydrogen-bond donors (Lipinski definition) is 2. The Hall–Kier alpha value is -1.06. The molecule has 98 valence electrons. The Morgan fingerprint density at radius 2 is 1.47 bits per heavy atom. The lowest BCUT2D eigenvalue weighted by molar-refractivity contribution is -0.140. The Morgan fingerprint density at radius 3 is 1.94 bits per heavy atom. The lowest BCUT2D eigenvalue weighted by atomic mass is 10.1. The maximum absolute atomic E-state index is 11.7. The van der Waals surface area contributed by atoms with Crippen molar-refractivity contribution >= 4 is 11.8 Å². The molecule has 0 aliphatic heterocycles. The molecule has 17 heavy (non-hydrogen) atoms. The number of nitrogens with one attached hydrogen (secondary N) is 2. The van der Waals surface area contributed by atoms with Gasteiger partial charge < -0.3 is 10.6 Å². The highest BCUT2D eigenvalue weighted by Crippen LogP contribution is 2.17. The first kappa shape index (κ1) is 14.0. The minimum Gasteiger partial charge on any atom is -0.345 e. The van der Waals surface area contributed by atoms with Gasteiger partial charge in [-0.2, -0.15) is 0 Å². The second-order valence-electron chi connectivity index (χ2n) is 5.87. The summed E-state index contributed by atoms with van der Waals surface area (Å²) in [6.07, 6.45) is 6.75. The zero-order chi connectivity index (χ0) is 12.9. The van der Waals surface area contributed by atoms with E-state index in [1.807, 2.05) is 20.8 Å². The summed E-state index contributed by atoms with van der Waals surface area (Å²) in [6, 6.07) is 0.177. The van der Waals surface area contributed by atoms with Crippen molar-refractivity contribution in [3.8, 4) is 0 Å². The Morgan fingerprint density at radius 1 is 0.941 bits per heavy atom. The second kappa shape index (κ2) is 6.03. The van der Waals surface area contributed by atoms with E-state index in [0.717, 1.165) is 25.7 Å². The highest BCUT2D eigenvalue weighted by Gasteiger charge is 2.22. The molecule has 1 aliphatic rings. The Balaban J connectivity index is 2.39. The first-order valence-corrected chi connectivity index (χ1v) is 6.51. The Kier molecular flexibility index (Phi) is 4.97. The molecule has 1 aliphatic carbocycles. The van der Waals surface area contributed by atoms with Crippen LogP contribution in [0.5, 0.6) is 0 Å². The molecule has 0 heterocycles. The van der Waals surface area contributed by atoms with Crippen molar-refractivity contribution in [2.75, 3.05) is 0 Å². The van der Waals surface area contributed by atoms with Gasteiger partial charge in [0, 0.05) is 11.6 Å². The van der Waals surface area contributed by atoms with Crippen LogP contribution in [0.25, 0.3) is 0 Å². The monoisotopic (exact) mass is 240 g/mol. The molecule has 0 unspecified atom stereocenters. The highest BCUT2D eigenvalue weighted by atomic mass is 16.2. The fraction of sp³-hybridized carbons (Fsp3) is 0.846. The number of carbonyl (C=O) groups is 2. The van der Waals surface area contributed by atoms with E-state index in [9.17, 15) is 9.59 Å². The summed E-state index contributed by atoms with van der Waals surface area (Å²) in [5, 5.41) is 5.50. The van der Waals surface area contributed by atoms with Crippen molar-refractivity contribution in [1.82, 2.24) is 10.6 Å². The zero-order valence-electron chi connectivity index (χ0n) is 11.1. The summed E-state index contributed by atoms with van der Waals surface area (Å²) in [5.74, 6) is -1.02. The van der Waals surface area contributed by atoms with Crippen LogP contribution in [0.1, 0.15) is 59.3 Å². The zero-order valence-corrected chi connectivity index (χ0v) is 11.1. The van der Waals surface area contributed by atoms with Gasteiger partial charge in [0.2, 0.25) is 0 Å². The molecular formula is C13H24N2O2. The molecule has 0 aromatic carbocycles. The average molecular weight is 240 g/mol. The van der Waals surface area contributed by atoms with E-state index in [4.69, 9.17) is 0 Å². The number of carbonyl (C=O) groups excluding carboxylic acids is 2. The molecule has 1 fully saturated rings. The number of hydrogen-bond acceptors (Lipinski definition) is 2. The molecule has 1 saturated carbocycles. The molecule has 0 aromatic heterocycles. The standard InChI is InChI=1S/C13H24N2O2/c1-13(2,3)15-12(17)11(16)14-10-8-6-4-5-7-9-10/h10H,4-9H2,1-3H3,(H,14,16)(H,15,17). The summed E-state index contributed by atoms with van der Waals surface area (Å²) in [4.78, 5) is 23.3. The largest absolute Gasteiger partial charge is 0.345 e. The van der Waals surface area contributed by atoms with Crippen LogP contribution in [0, 0.1) is 0 Å². The van der Waals surface area contributed by atoms with Gasteiger partial charge in [0.1, 0.15) is 0 Å². The Bertz CT molecular complexity index is 274. The van der Waals surface area contributed by atoms with Crippen LogP contribution in [0.15, 0.2) is 0 Å². The van der Waals surface area contributed by atoms with E-state index < -0.39 is 11.8 Å². The lowest BCUT2D eigenvalue weighted by Gasteiger charge is -2.21. The fourth-order valence-electron chi connectivity index (χ4n) is 2.07. The Labute approximate surface area is 104 Å². The van der Waals surface area contributed by atoms with Gasteiger partial charge in [-0.15, -0.1) is 0 Å². The topological polar surface area (TPSA) is 58.2 Å². The second-order valence-corrected chi connectivity index (χ2v) is 5.87. The van der Waals surface area contributed by atoms with Crippen LogP contribution in [0.4, 0.5) is 0 Å². The van der Waals surface area contributed by atoms with Crippen molar-refractivity contribution in [3.63, 3.8) is 0 Å². The third kappa shape index (κ3) is 5.71. The molecule has 4 nitrogen and oxygen atoms in total. The normalized spacial score (nSPS) is 18.3. The minimum absolute atomic E-state index is 0.177. The summed E-state index contributed by atoms with van der Waals surface area (Å²) < 4.78 is 0. The fourth-order valence-corrected chi connectivity index (χ4v) is 2.07. The summed E-state index contributed by atoms with van der Waals surface area (Å²) in [7, 11) is 0. The van der Waals surface area contributed by atoms with Crippen molar-refractivity contribution in [2.45, 2.75) is 70.9 Å². The van der Waals surface area contributed by atoms with Gasteiger partial charge in [0.25, 0.3) is 0 Å². The molecule has 0 radical (unpaired) electrons. The third-order valence-electron chi connectivity index (χ3n) is 2.89. The van der Waals surface area contributed by atoms with E-state index in [1.54, 1.807) is 0 Å². The SMILES string of the molecule is CC(C)(C)NC(=O)C(=O)NC1CCCCCC1. The molecule has 0 atom stereocenters. The van der Waals surface area contributed by atoms with Crippen LogP contribution < -0.4 is 10.6 Å². The molecule has 0 saturated heterocycles. The molecule has 2 N–H and O–H groups in total. The van der Waals surface area contributed by atoms with Gasteiger partial charge in [-0.05, 0) is 33.6 Å². The van der Waals surface area contributed by atoms with Crippen LogP contribution in [-0.4, -0.2) is 23.4 Å². The van der Waals surface area contributed by atoms with Crippen LogP contribution in [0.3, 0.4) is 0 Å². The lowest BCUT2D eigenvalue weighted by Crippen LogP contribution is -2.50. The maximum Gasteiger partial charge on any atom is 0.309 e. The predicted octanol–water partition coefficient (Wildman–Crippen LogP) is 1.74. The first-order chi connectivity index (χ1) is 7.88. The smallest absolute Gasteiger partial charge is 0.309 e. The molecular weight excluding hydrogens is 216 g/mol. The van der Waals surface area contributed by atoms with Crippen molar-refractivity contribution in [3.05, 3.63) is 0 Å². The molecule has 0 bridgehead atoms. The van der Waals surface area contributed by atoms with E-state index >= 15 is 0 Å². The van der Waals surface area contributed by atoms with Crippen LogP contribution in [0.2, 0.25) is 0 Å². The predicted molar refractivity (Wildman–Crippen MR) is 67.5 cm³/mol.